The topological polar surface area (TPSA) is 363 Å². The number of phosphoric ester groups is 1. The summed E-state index contributed by atoms with van der Waals surface area (Å²) in [6.07, 6.45) is -16.6. The van der Waals surface area contributed by atoms with Gasteiger partial charge < -0.3 is 87.3 Å². The first kappa shape index (κ1) is 35.4. The molecule has 2 heterocycles. The third-order valence-electron chi connectivity index (χ3n) is 7.39. The van der Waals surface area contributed by atoms with Gasteiger partial charge in [0, 0.05) is 0 Å². The number of nitrogens with two attached hydrogens (primary N) is 4. The number of ether oxygens (including phenoxy) is 4. The maximum atomic E-state index is 12.1. The Morgan fingerprint density at radius 2 is 1.44 bits per heavy atom. The van der Waals surface area contributed by atoms with Crippen LogP contribution in [0.2, 0.25) is 0 Å². The number of phosphoric acid groups is 1. The van der Waals surface area contributed by atoms with E-state index in [2.05, 4.69) is 15.3 Å². The predicted molar refractivity (Wildman–Crippen MR) is 142 cm³/mol. The molecule has 3 aliphatic rings. The fraction of sp³-hybridized carbons (Fsp3) is 0.857. The first-order valence-electron chi connectivity index (χ1n) is 13.0. The highest BCUT2D eigenvalue weighted by atomic mass is 31.2. The van der Waals surface area contributed by atoms with E-state index in [1.807, 2.05) is 0 Å². The molecule has 22 heteroatoms. The summed E-state index contributed by atoms with van der Waals surface area (Å²) in [7, 11) is -3.90. The van der Waals surface area contributed by atoms with E-state index < -0.39 is 118 Å². The molecule has 15 unspecified atom stereocenters. The van der Waals surface area contributed by atoms with Gasteiger partial charge in [-0.15, -0.1) is 0 Å². The highest BCUT2D eigenvalue weighted by Crippen LogP contribution is 2.44. The fourth-order valence-corrected chi connectivity index (χ4v) is 5.93. The Labute approximate surface area is 245 Å². The summed E-state index contributed by atoms with van der Waals surface area (Å²) in [5, 5.41) is 55.5. The van der Waals surface area contributed by atoms with E-state index >= 15 is 0 Å². The minimum absolute atomic E-state index is 0.499. The first-order valence-corrected chi connectivity index (χ1v) is 14.6. The van der Waals surface area contributed by atoms with Gasteiger partial charge in [0.15, 0.2) is 24.5 Å². The number of carbonyl (C=O) groups excluding carboxylic acids is 1. The molecule has 15 atom stereocenters. The van der Waals surface area contributed by atoms with Gasteiger partial charge in [0.25, 0.3) is 0 Å². The molecule has 16 N–H and O–H groups in total. The van der Waals surface area contributed by atoms with Crippen LogP contribution in [0.3, 0.4) is 0 Å². The maximum Gasteiger partial charge on any atom is 0.470 e. The number of aliphatic hydroxyl groups excluding tert-OH is 5. The zero-order valence-electron chi connectivity index (χ0n) is 23.1. The number of guanidine groups is 2. The van der Waals surface area contributed by atoms with Crippen molar-refractivity contribution in [2.45, 2.75) is 92.6 Å². The van der Waals surface area contributed by atoms with E-state index in [9.17, 15) is 44.7 Å². The smallest absolute Gasteiger partial charge is 0.394 e. The predicted octanol–water partition coefficient (Wildman–Crippen LogP) is -7.16. The van der Waals surface area contributed by atoms with Crippen molar-refractivity contribution in [2.75, 3.05) is 13.7 Å². The van der Waals surface area contributed by atoms with Gasteiger partial charge in [0.1, 0.15) is 67.2 Å². The summed E-state index contributed by atoms with van der Waals surface area (Å²) >= 11 is 0. The summed E-state index contributed by atoms with van der Waals surface area (Å²) in [6.45, 7) is 0.812. The van der Waals surface area contributed by atoms with Crippen LogP contribution in [0.15, 0.2) is 9.98 Å². The standard InChI is InChI=1S/C21H40N7O14P/c1-5-6(3-29)15(40-18-10(26-2)13(33)11(31)7(4-30)39-18)19(38-5)41-16-8(27-20(22)23)12(32)9(28-21(24)25)17(14(16)34)42-43(35,36)37/h3,5-19,26,30-34H,4H2,1-2H3,(H4,22,23,27)(H4,24,25,28)(H2,35,36,37). The van der Waals surface area contributed by atoms with Crippen LogP contribution < -0.4 is 28.3 Å². The highest BCUT2D eigenvalue weighted by Gasteiger charge is 2.57. The molecule has 0 spiro atoms. The lowest BCUT2D eigenvalue weighted by Gasteiger charge is -2.46. The van der Waals surface area contributed by atoms with Gasteiger partial charge in [-0.2, -0.15) is 0 Å². The molecule has 0 aromatic rings. The number of hydrogen-bond donors (Lipinski definition) is 12. The molecule has 0 bridgehead atoms. The van der Waals surface area contributed by atoms with Crippen LogP contribution >= 0.6 is 7.82 Å². The third kappa shape index (κ3) is 7.96. The molecule has 3 rings (SSSR count). The van der Waals surface area contributed by atoms with E-state index in [0.717, 1.165) is 0 Å². The summed E-state index contributed by atoms with van der Waals surface area (Å²) in [5.41, 5.74) is 21.9. The molecular weight excluding hydrogens is 605 g/mol. The van der Waals surface area contributed by atoms with Crippen LogP contribution in [0.25, 0.3) is 0 Å². The van der Waals surface area contributed by atoms with Gasteiger partial charge in [-0.1, -0.05) is 0 Å². The normalized spacial score (nSPS) is 43.6. The van der Waals surface area contributed by atoms with Crippen LogP contribution in [-0.4, -0.2) is 153 Å². The lowest BCUT2D eigenvalue weighted by atomic mass is 9.81. The second kappa shape index (κ2) is 14.3. The molecule has 0 radical (unpaired) electrons. The Kier molecular flexibility index (Phi) is 11.8. The molecule has 0 aromatic heterocycles. The maximum absolute atomic E-state index is 12.1. The van der Waals surface area contributed by atoms with Crippen LogP contribution in [0.1, 0.15) is 6.92 Å². The average Bonchev–Trinajstić information content (AvgIpc) is 3.20. The quantitative estimate of drug-likeness (QED) is 0.0429. The molecule has 3 fully saturated rings. The molecule has 2 saturated heterocycles. The van der Waals surface area contributed by atoms with E-state index in [4.69, 9.17) is 46.4 Å². The first-order chi connectivity index (χ1) is 20.0. The molecule has 43 heavy (non-hydrogen) atoms. The number of likely N-dealkylation sites (N-methyl/N-ethyl adjacent to an activating group) is 1. The average molecular weight is 646 g/mol. The molecule has 2 aliphatic heterocycles. The van der Waals surface area contributed by atoms with Gasteiger partial charge >= 0.3 is 7.82 Å². The van der Waals surface area contributed by atoms with E-state index in [0.29, 0.717) is 6.29 Å². The van der Waals surface area contributed by atoms with Crippen molar-refractivity contribution < 1.29 is 68.2 Å². The molecule has 0 amide bonds. The van der Waals surface area contributed by atoms with Crippen molar-refractivity contribution in [1.82, 2.24) is 5.32 Å². The molecule has 0 aromatic carbocycles. The van der Waals surface area contributed by atoms with Crippen LogP contribution in [0.5, 0.6) is 0 Å². The molecule has 1 aliphatic carbocycles. The summed E-state index contributed by atoms with van der Waals surface area (Å²) in [5.74, 6) is -2.27. The van der Waals surface area contributed by atoms with Crippen LogP contribution in [0, 0.1) is 5.92 Å². The van der Waals surface area contributed by atoms with Gasteiger partial charge in [-0.05, 0) is 14.0 Å². The lowest BCUT2D eigenvalue weighted by molar-refractivity contribution is -0.308. The molecule has 248 valence electrons. The van der Waals surface area contributed by atoms with Crippen molar-refractivity contribution >= 4 is 26.0 Å². The van der Waals surface area contributed by atoms with E-state index in [1.165, 1.54) is 14.0 Å². The van der Waals surface area contributed by atoms with E-state index in [-0.39, 0.29) is 0 Å². The Morgan fingerprint density at radius 3 is 1.93 bits per heavy atom. The largest absolute Gasteiger partial charge is 0.470 e. The van der Waals surface area contributed by atoms with Crippen molar-refractivity contribution in [3.63, 3.8) is 0 Å². The van der Waals surface area contributed by atoms with E-state index in [1.54, 1.807) is 0 Å². The monoisotopic (exact) mass is 645 g/mol. The molecule has 1 saturated carbocycles. The van der Waals surface area contributed by atoms with Gasteiger partial charge in [-0.25, -0.2) is 14.5 Å². The second-order valence-electron chi connectivity index (χ2n) is 10.3. The van der Waals surface area contributed by atoms with Gasteiger partial charge in [0.2, 0.25) is 0 Å². The van der Waals surface area contributed by atoms with Crippen molar-refractivity contribution in [1.29, 1.82) is 0 Å². The number of nitrogens with one attached hydrogen (secondary N) is 1. The number of carbonyl (C=O) groups is 1. The van der Waals surface area contributed by atoms with Crippen LogP contribution in [0.4, 0.5) is 0 Å². The van der Waals surface area contributed by atoms with Gasteiger partial charge in [-0.3, -0.25) is 4.52 Å². The second-order valence-corrected chi connectivity index (χ2v) is 11.5. The summed E-state index contributed by atoms with van der Waals surface area (Å²) in [4.78, 5) is 38.7. The third-order valence-corrected chi connectivity index (χ3v) is 7.91. The number of aliphatic imine (C=N–C) groups is 2. The minimum Gasteiger partial charge on any atom is -0.394 e. The Bertz CT molecular complexity index is 1060. The van der Waals surface area contributed by atoms with Crippen molar-refractivity contribution in [3.8, 4) is 0 Å². The number of hydrogen-bond acceptors (Lipinski definition) is 15. The summed E-state index contributed by atoms with van der Waals surface area (Å²) < 4.78 is 39.8. The Morgan fingerprint density at radius 1 is 0.884 bits per heavy atom. The lowest BCUT2D eigenvalue weighted by Crippen LogP contribution is -2.66. The Hall–Kier alpha value is -2.08. The zero-order valence-corrected chi connectivity index (χ0v) is 24.0. The number of aldehydes is 1. The van der Waals surface area contributed by atoms with Crippen molar-refractivity contribution in [3.05, 3.63) is 0 Å². The minimum atomic E-state index is -5.33. The molecular formula is C21H40N7O14P. The Balaban J connectivity index is 2.00. The number of aliphatic hydroxyl groups is 5. The summed E-state index contributed by atoms with van der Waals surface area (Å²) in [6, 6.07) is -4.36. The van der Waals surface area contributed by atoms with Gasteiger partial charge in [0.05, 0.1) is 24.7 Å². The fourth-order valence-electron chi connectivity index (χ4n) is 5.37. The molecule has 21 nitrogen and oxygen atoms in total. The van der Waals surface area contributed by atoms with Crippen molar-refractivity contribution in [2.24, 2.45) is 38.8 Å². The number of rotatable bonds is 11. The zero-order chi connectivity index (χ0) is 32.4. The SMILES string of the molecule is CNC1C(OC2C(OC3C(O)C(OP(=O)(O)O)C(N=C(N)N)C(O)C3N=C(N)N)OC(C)C2C=O)OC(CO)C(O)C1O. The highest BCUT2D eigenvalue weighted by molar-refractivity contribution is 7.46. The number of nitrogens with zero attached hydrogens (tertiary/aromatic N) is 2. The van der Waals surface area contributed by atoms with Crippen LogP contribution in [-0.2, 0) is 32.8 Å².